The number of urea groups is 1. The molecule has 0 atom stereocenters. The molecule has 0 saturated carbocycles. The van der Waals surface area contributed by atoms with Gasteiger partial charge in [0.1, 0.15) is 0 Å². The largest absolute Gasteiger partial charge is 0.435 e. The highest BCUT2D eigenvalue weighted by atomic mass is 35.5. The van der Waals surface area contributed by atoms with E-state index in [0.29, 0.717) is 11.1 Å². The van der Waals surface area contributed by atoms with Gasteiger partial charge in [-0.15, -0.1) is 0 Å². The molecule has 0 aliphatic rings. The topological polar surface area (TPSA) is 113 Å². The molecule has 0 unspecified atom stereocenters. The standard InChI is InChI=1S/C17H13Cl2F3N6O2.C2H6/c1-2-13(17(20,21)22)27-28(14-11(19)4-3-7-24-14)16(30)25-12-6-5-9(18)8-10(12)15(29)26-23;1-2/h2-8H,1,23H2,(H,25,30)(H,26,29);1-2H3/b27-13+;. The van der Waals surface area contributed by atoms with Crippen molar-refractivity contribution in [2.75, 3.05) is 10.3 Å². The number of alkyl halides is 3. The molecule has 2 rings (SSSR count). The van der Waals surface area contributed by atoms with E-state index in [0.717, 1.165) is 0 Å². The lowest BCUT2D eigenvalue weighted by atomic mass is 10.1. The number of hydrazine groups is 1. The highest BCUT2D eigenvalue weighted by molar-refractivity contribution is 6.33. The van der Waals surface area contributed by atoms with Crippen LogP contribution in [0.25, 0.3) is 0 Å². The third-order valence-electron chi connectivity index (χ3n) is 3.42. The van der Waals surface area contributed by atoms with Gasteiger partial charge in [0.2, 0.25) is 0 Å². The second kappa shape index (κ2) is 12.0. The maximum Gasteiger partial charge on any atom is 0.435 e. The molecule has 4 N–H and O–H groups in total. The van der Waals surface area contributed by atoms with Crippen LogP contribution in [0.5, 0.6) is 0 Å². The average Bonchev–Trinajstić information content (AvgIpc) is 2.76. The van der Waals surface area contributed by atoms with Gasteiger partial charge >= 0.3 is 12.2 Å². The Morgan fingerprint density at radius 1 is 1.25 bits per heavy atom. The minimum atomic E-state index is -4.91. The number of aromatic nitrogens is 1. The summed E-state index contributed by atoms with van der Waals surface area (Å²) in [6, 6.07) is 5.31. The molecule has 1 aromatic carbocycles. The van der Waals surface area contributed by atoms with E-state index in [4.69, 9.17) is 29.0 Å². The molecule has 32 heavy (non-hydrogen) atoms. The minimum Gasteiger partial charge on any atom is -0.305 e. The molecule has 0 aliphatic carbocycles. The second-order valence-corrected chi connectivity index (χ2v) is 6.24. The fourth-order valence-electron chi connectivity index (χ4n) is 2.10. The fraction of sp³-hybridized carbons (Fsp3) is 0.158. The first-order valence-corrected chi connectivity index (χ1v) is 9.64. The first-order valence-electron chi connectivity index (χ1n) is 8.88. The van der Waals surface area contributed by atoms with Crippen molar-refractivity contribution in [1.29, 1.82) is 0 Å². The zero-order valence-corrected chi connectivity index (χ0v) is 18.4. The summed E-state index contributed by atoms with van der Waals surface area (Å²) >= 11 is 11.8. The predicted octanol–water partition coefficient (Wildman–Crippen LogP) is 5.16. The number of allylic oxidation sites excluding steroid dienone is 1. The Balaban J connectivity index is 0.00000249. The number of rotatable bonds is 5. The average molecular weight is 491 g/mol. The van der Waals surface area contributed by atoms with Crippen LogP contribution in [0.15, 0.2) is 54.3 Å². The van der Waals surface area contributed by atoms with Crippen LogP contribution in [-0.2, 0) is 0 Å². The number of nitrogens with one attached hydrogen (secondary N) is 2. The Bertz CT molecular complexity index is 1010. The molecule has 2 aromatic rings. The summed E-state index contributed by atoms with van der Waals surface area (Å²) < 4.78 is 39.5. The van der Waals surface area contributed by atoms with Crippen LogP contribution >= 0.6 is 23.2 Å². The van der Waals surface area contributed by atoms with Crippen molar-refractivity contribution >= 4 is 52.4 Å². The lowest BCUT2D eigenvalue weighted by Gasteiger charge is -2.20. The first-order chi connectivity index (χ1) is 15.1. The highest BCUT2D eigenvalue weighted by Crippen LogP contribution is 2.27. The van der Waals surface area contributed by atoms with Gasteiger partial charge in [-0.05, 0) is 36.4 Å². The second-order valence-electron chi connectivity index (χ2n) is 5.40. The van der Waals surface area contributed by atoms with Crippen LogP contribution in [-0.4, -0.2) is 28.8 Å². The van der Waals surface area contributed by atoms with Crippen molar-refractivity contribution in [3.63, 3.8) is 0 Å². The van der Waals surface area contributed by atoms with E-state index < -0.39 is 23.8 Å². The van der Waals surface area contributed by atoms with Gasteiger partial charge in [-0.2, -0.15) is 23.3 Å². The zero-order chi connectivity index (χ0) is 24.5. The molecule has 0 bridgehead atoms. The van der Waals surface area contributed by atoms with Crippen molar-refractivity contribution in [3.05, 3.63) is 64.8 Å². The Morgan fingerprint density at radius 2 is 1.91 bits per heavy atom. The van der Waals surface area contributed by atoms with E-state index in [-0.39, 0.29) is 27.1 Å². The quantitative estimate of drug-likeness (QED) is 0.232. The molecule has 3 amide bonds. The summed E-state index contributed by atoms with van der Waals surface area (Å²) in [4.78, 5) is 28.5. The van der Waals surface area contributed by atoms with Gasteiger partial charge in [-0.25, -0.2) is 15.6 Å². The SMILES string of the molecule is C=C/C(=N\N(C(=O)Nc1ccc(Cl)cc1C(=O)NN)c1ncccc1Cl)C(F)(F)F.CC. The first kappa shape index (κ1) is 26.9. The summed E-state index contributed by atoms with van der Waals surface area (Å²) in [5, 5.41) is 5.86. The smallest absolute Gasteiger partial charge is 0.305 e. The number of hydrazone groups is 1. The van der Waals surface area contributed by atoms with Crippen molar-refractivity contribution in [1.82, 2.24) is 10.4 Å². The van der Waals surface area contributed by atoms with Crippen molar-refractivity contribution in [2.24, 2.45) is 10.9 Å². The van der Waals surface area contributed by atoms with E-state index in [1.807, 2.05) is 19.3 Å². The van der Waals surface area contributed by atoms with Crippen molar-refractivity contribution < 1.29 is 22.8 Å². The number of carbonyl (C=O) groups excluding carboxylic acids is 2. The van der Waals surface area contributed by atoms with Crippen molar-refractivity contribution in [3.8, 4) is 0 Å². The number of hydrogen-bond acceptors (Lipinski definition) is 5. The van der Waals surface area contributed by atoms with Crippen LogP contribution in [0.3, 0.4) is 0 Å². The number of pyridine rings is 1. The van der Waals surface area contributed by atoms with E-state index in [1.165, 1.54) is 36.5 Å². The third-order valence-corrected chi connectivity index (χ3v) is 3.95. The third kappa shape index (κ3) is 6.94. The number of anilines is 2. The van der Waals surface area contributed by atoms with Gasteiger partial charge in [0, 0.05) is 11.2 Å². The molecule has 0 spiro atoms. The molecule has 0 saturated heterocycles. The summed E-state index contributed by atoms with van der Waals surface area (Å²) in [5.74, 6) is 3.91. The predicted molar refractivity (Wildman–Crippen MR) is 119 cm³/mol. The molecule has 0 fully saturated rings. The molecule has 1 heterocycles. The lowest BCUT2D eigenvalue weighted by molar-refractivity contribution is -0.0578. The minimum absolute atomic E-state index is 0.105. The van der Waals surface area contributed by atoms with Crippen LogP contribution in [0.4, 0.5) is 29.5 Å². The van der Waals surface area contributed by atoms with Crippen molar-refractivity contribution in [2.45, 2.75) is 20.0 Å². The Hall–Kier alpha value is -3.15. The zero-order valence-electron chi connectivity index (χ0n) is 16.9. The highest BCUT2D eigenvalue weighted by Gasteiger charge is 2.36. The van der Waals surface area contributed by atoms with Gasteiger partial charge in [0.15, 0.2) is 11.5 Å². The maximum atomic E-state index is 13.2. The molecule has 0 aliphatic heterocycles. The monoisotopic (exact) mass is 490 g/mol. The van der Waals surface area contributed by atoms with E-state index in [2.05, 4.69) is 22.0 Å². The summed E-state index contributed by atoms with van der Waals surface area (Å²) in [6.45, 7) is 7.05. The normalized spacial score (nSPS) is 11.1. The number of carbonyl (C=O) groups is 2. The molecule has 13 heteroatoms. The molecule has 172 valence electrons. The maximum absolute atomic E-state index is 13.2. The summed E-state index contributed by atoms with van der Waals surface area (Å²) in [7, 11) is 0. The van der Waals surface area contributed by atoms with E-state index >= 15 is 0 Å². The summed E-state index contributed by atoms with van der Waals surface area (Å²) in [5.41, 5.74) is 0.142. The van der Waals surface area contributed by atoms with Gasteiger partial charge < -0.3 is 5.32 Å². The van der Waals surface area contributed by atoms with Crippen LogP contribution in [0.1, 0.15) is 24.2 Å². The van der Waals surface area contributed by atoms with Crippen LogP contribution in [0, 0.1) is 0 Å². The molecule has 8 nitrogen and oxygen atoms in total. The molecule has 0 radical (unpaired) electrons. The number of halogens is 5. The number of benzene rings is 1. The van der Waals surface area contributed by atoms with Crippen LogP contribution < -0.4 is 21.6 Å². The lowest BCUT2D eigenvalue weighted by Crippen LogP contribution is -2.36. The van der Waals surface area contributed by atoms with Gasteiger partial charge in [-0.1, -0.05) is 43.6 Å². The molecule has 1 aromatic heterocycles. The van der Waals surface area contributed by atoms with E-state index in [1.54, 1.807) is 0 Å². The molecular weight excluding hydrogens is 472 g/mol. The number of amides is 3. The number of nitrogens with two attached hydrogens (primary N) is 1. The van der Waals surface area contributed by atoms with Crippen LogP contribution in [0.2, 0.25) is 10.0 Å². The Labute approximate surface area is 191 Å². The van der Waals surface area contributed by atoms with Gasteiger partial charge in [0.05, 0.1) is 16.3 Å². The van der Waals surface area contributed by atoms with Gasteiger partial charge in [-0.3, -0.25) is 10.2 Å². The fourth-order valence-corrected chi connectivity index (χ4v) is 2.48. The summed E-state index contributed by atoms with van der Waals surface area (Å²) in [6.07, 6.45) is -3.28. The van der Waals surface area contributed by atoms with E-state index in [9.17, 15) is 22.8 Å². The van der Waals surface area contributed by atoms with Gasteiger partial charge in [0.25, 0.3) is 5.91 Å². The number of nitrogens with zero attached hydrogens (tertiary/aromatic N) is 3. The Morgan fingerprint density at radius 3 is 2.44 bits per heavy atom. The molecular formula is C19H19Cl2F3N6O2. The number of nitrogen functional groups attached to an aromatic ring is 1. The number of hydrogen-bond donors (Lipinski definition) is 3. The Kier molecular flexibility index (Phi) is 10.1.